The number of carbonyl (C=O) groups excluding carboxylic acids is 1. The highest BCUT2D eigenvalue weighted by Gasteiger charge is 2.49. The molecule has 0 aliphatic heterocycles. The van der Waals surface area contributed by atoms with E-state index in [2.05, 4.69) is 0 Å². The Morgan fingerprint density at radius 3 is 2.00 bits per heavy atom. The zero-order valence-electron chi connectivity index (χ0n) is 9.27. The first-order valence-electron chi connectivity index (χ1n) is 5.87. The second-order valence-electron chi connectivity index (χ2n) is 4.97. The lowest BCUT2D eigenvalue weighted by Gasteiger charge is -2.19. The summed E-state index contributed by atoms with van der Waals surface area (Å²) in [5.74, 6) is -5.24. The SMILES string of the molecule is O=C(NCC(C1CC1)C1CC1)C(F)(F)C(F)F. The second-order valence-corrected chi connectivity index (χ2v) is 4.97. The number of rotatable bonds is 6. The molecule has 6 heteroatoms. The van der Waals surface area contributed by atoms with Crippen LogP contribution in [0.1, 0.15) is 25.7 Å². The molecule has 0 saturated heterocycles. The molecular weight excluding hydrogens is 238 g/mol. The molecular formula is C11H15F4NO. The van der Waals surface area contributed by atoms with Crippen LogP contribution in [0.3, 0.4) is 0 Å². The molecule has 0 aromatic rings. The van der Waals surface area contributed by atoms with Crippen LogP contribution in [-0.4, -0.2) is 24.8 Å². The van der Waals surface area contributed by atoms with Crippen molar-refractivity contribution in [2.24, 2.45) is 17.8 Å². The summed E-state index contributed by atoms with van der Waals surface area (Å²) in [5.41, 5.74) is 0. The van der Waals surface area contributed by atoms with E-state index in [1.165, 1.54) is 0 Å². The van der Waals surface area contributed by atoms with Crippen LogP contribution >= 0.6 is 0 Å². The third kappa shape index (κ3) is 2.90. The van der Waals surface area contributed by atoms with Crippen molar-refractivity contribution in [1.82, 2.24) is 5.32 Å². The molecule has 1 amide bonds. The third-order valence-electron chi connectivity index (χ3n) is 3.53. The minimum Gasteiger partial charge on any atom is -0.350 e. The van der Waals surface area contributed by atoms with Gasteiger partial charge < -0.3 is 5.32 Å². The summed E-state index contributed by atoms with van der Waals surface area (Å²) < 4.78 is 49.2. The maximum atomic E-state index is 12.7. The summed E-state index contributed by atoms with van der Waals surface area (Å²) in [7, 11) is 0. The molecule has 0 unspecified atom stereocenters. The molecule has 98 valence electrons. The van der Waals surface area contributed by atoms with Crippen molar-refractivity contribution < 1.29 is 22.4 Å². The topological polar surface area (TPSA) is 29.1 Å². The Kier molecular flexibility index (Phi) is 3.32. The van der Waals surface area contributed by atoms with Crippen LogP contribution in [0.5, 0.6) is 0 Å². The van der Waals surface area contributed by atoms with Crippen molar-refractivity contribution in [2.45, 2.75) is 38.0 Å². The van der Waals surface area contributed by atoms with E-state index in [9.17, 15) is 22.4 Å². The van der Waals surface area contributed by atoms with Crippen LogP contribution in [0, 0.1) is 17.8 Å². The largest absolute Gasteiger partial charge is 0.383 e. The molecule has 2 rings (SSSR count). The molecule has 0 bridgehead atoms. The van der Waals surface area contributed by atoms with Gasteiger partial charge in [-0.3, -0.25) is 4.79 Å². The van der Waals surface area contributed by atoms with Crippen molar-refractivity contribution >= 4 is 5.91 Å². The van der Waals surface area contributed by atoms with Gasteiger partial charge in [0.05, 0.1) is 0 Å². The van der Waals surface area contributed by atoms with Crippen molar-refractivity contribution in [3.05, 3.63) is 0 Å². The quantitative estimate of drug-likeness (QED) is 0.724. The first-order valence-corrected chi connectivity index (χ1v) is 5.87. The molecule has 0 radical (unpaired) electrons. The molecule has 2 aliphatic rings. The molecule has 0 aromatic carbocycles. The van der Waals surface area contributed by atoms with Gasteiger partial charge in [0.15, 0.2) is 0 Å². The van der Waals surface area contributed by atoms with Gasteiger partial charge in [-0.05, 0) is 43.4 Å². The van der Waals surface area contributed by atoms with Crippen LogP contribution < -0.4 is 5.32 Å². The lowest BCUT2D eigenvalue weighted by Crippen LogP contribution is -2.46. The van der Waals surface area contributed by atoms with Gasteiger partial charge in [-0.2, -0.15) is 8.78 Å². The second kappa shape index (κ2) is 4.46. The van der Waals surface area contributed by atoms with E-state index in [1.54, 1.807) is 0 Å². The van der Waals surface area contributed by atoms with Gasteiger partial charge in [0.1, 0.15) is 0 Å². The fourth-order valence-electron chi connectivity index (χ4n) is 2.19. The van der Waals surface area contributed by atoms with Crippen LogP contribution in [0.25, 0.3) is 0 Å². The fraction of sp³-hybridized carbons (Fsp3) is 0.909. The van der Waals surface area contributed by atoms with Gasteiger partial charge in [0.2, 0.25) is 0 Å². The van der Waals surface area contributed by atoms with E-state index in [4.69, 9.17) is 0 Å². The molecule has 2 aliphatic carbocycles. The summed E-state index contributed by atoms with van der Waals surface area (Å²) in [6.45, 7) is 0.108. The maximum Gasteiger partial charge on any atom is 0.383 e. The summed E-state index contributed by atoms with van der Waals surface area (Å²) in [6, 6.07) is 0. The van der Waals surface area contributed by atoms with E-state index >= 15 is 0 Å². The van der Waals surface area contributed by atoms with Gasteiger partial charge >= 0.3 is 12.3 Å². The van der Waals surface area contributed by atoms with E-state index in [0.717, 1.165) is 25.7 Å². The van der Waals surface area contributed by atoms with E-state index in [1.807, 2.05) is 5.32 Å². The molecule has 0 heterocycles. The Morgan fingerprint density at radius 2 is 1.65 bits per heavy atom. The van der Waals surface area contributed by atoms with Gasteiger partial charge in [-0.15, -0.1) is 0 Å². The first kappa shape index (κ1) is 12.6. The van der Waals surface area contributed by atoms with E-state index in [0.29, 0.717) is 11.8 Å². The average Bonchev–Trinajstić information content (AvgIpc) is 3.11. The van der Waals surface area contributed by atoms with E-state index in [-0.39, 0.29) is 12.5 Å². The van der Waals surface area contributed by atoms with Gasteiger partial charge in [0.25, 0.3) is 5.91 Å². The van der Waals surface area contributed by atoms with Crippen molar-refractivity contribution in [3.63, 3.8) is 0 Å². The minimum atomic E-state index is -4.57. The van der Waals surface area contributed by atoms with E-state index < -0.39 is 18.3 Å². The highest BCUT2D eigenvalue weighted by atomic mass is 19.3. The third-order valence-corrected chi connectivity index (χ3v) is 3.53. The van der Waals surface area contributed by atoms with Crippen LogP contribution in [0.4, 0.5) is 17.6 Å². The van der Waals surface area contributed by atoms with Gasteiger partial charge in [0, 0.05) is 6.54 Å². The molecule has 17 heavy (non-hydrogen) atoms. The molecule has 0 aromatic heterocycles. The van der Waals surface area contributed by atoms with Gasteiger partial charge in [-0.1, -0.05) is 0 Å². The number of alkyl halides is 4. The normalized spacial score (nSPS) is 21.1. The summed E-state index contributed by atoms with van der Waals surface area (Å²) in [5, 5.41) is 1.98. The van der Waals surface area contributed by atoms with Crippen LogP contribution in [-0.2, 0) is 4.79 Å². The molecule has 2 fully saturated rings. The number of halogens is 4. The number of nitrogens with one attached hydrogen (secondary N) is 1. The Hall–Kier alpha value is -0.810. The lowest BCUT2D eigenvalue weighted by molar-refractivity contribution is -0.169. The summed E-state index contributed by atoms with van der Waals surface area (Å²) >= 11 is 0. The van der Waals surface area contributed by atoms with Crippen LogP contribution in [0.2, 0.25) is 0 Å². The fourth-order valence-corrected chi connectivity index (χ4v) is 2.19. The number of amides is 1. The average molecular weight is 253 g/mol. The number of carbonyl (C=O) groups is 1. The zero-order valence-corrected chi connectivity index (χ0v) is 9.27. The maximum absolute atomic E-state index is 12.7. The standard InChI is InChI=1S/C11H15F4NO/c12-9(13)11(14,15)10(17)16-5-8(6-1-2-6)7-3-4-7/h6-9H,1-5H2,(H,16,17). The highest BCUT2D eigenvalue weighted by molar-refractivity contribution is 5.83. The van der Waals surface area contributed by atoms with Crippen molar-refractivity contribution in [3.8, 4) is 0 Å². The highest BCUT2D eigenvalue weighted by Crippen LogP contribution is 2.48. The Morgan fingerprint density at radius 1 is 1.18 bits per heavy atom. The number of hydrogen-bond donors (Lipinski definition) is 1. The summed E-state index contributed by atoms with van der Waals surface area (Å²) in [4.78, 5) is 11.0. The van der Waals surface area contributed by atoms with Crippen molar-refractivity contribution in [2.75, 3.05) is 6.54 Å². The first-order chi connectivity index (χ1) is 7.93. The zero-order chi connectivity index (χ0) is 12.6. The Balaban J connectivity index is 1.82. The molecule has 0 spiro atoms. The lowest BCUT2D eigenvalue weighted by atomic mass is 9.98. The Labute approximate surface area is 96.8 Å². The molecule has 1 N–H and O–H groups in total. The van der Waals surface area contributed by atoms with Crippen molar-refractivity contribution in [1.29, 1.82) is 0 Å². The monoisotopic (exact) mass is 253 g/mol. The molecule has 2 nitrogen and oxygen atoms in total. The predicted molar refractivity (Wildman–Crippen MR) is 52.9 cm³/mol. The summed E-state index contributed by atoms with van der Waals surface area (Å²) in [6.07, 6.45) is 0.289. The number of hydrogen-bond acceptors (Lipinski definition) is 1. The van der Waals surface area contributed by atoms with Gasteiger partial charge in [-0.25, -0.2) is 8.78 Å². The molecule has 0 atom stereocenters. The smallest absolute Gasteiger partial charge is 0.350 e. The van der Waals surface area contributed by atoms with Crippen LogP contribution in [0.15, 0.2) is 0 Å². The minimum absolute atomic E-state index is 0.108. The molecule has 2 saturated carbocycles. The Bertz CT molecular complexity index is 288. The predicted octanol–water partition coefficient (Wildman–Crippen LogP) is 2.44.